The van der Waals surface area contributed by atoms with Crippen molar-refractivity contribution in [1.29, 1.82) is 0 Å². The first-order valence-corrected chi connectivity index (χ1v) is 6.44. The second-order valence-electron chi connectivity index (χ2n) is 3.61. The molecule has 0 bridgehead atoms. The monoisotopic (exact) mass is 267 g/mol. The molecule has 1 unspecified atom stereocenters. The standard InChI is InChI=1S/C10H12F3NO2S/c1-2-7-3-5-8(6-4-7)9(10(11,12)13)17(14,15)16/h3-6,9H,2H2,1H3,(H2,14,15,16). The van der Waals surface area contributed by atoms with E-state index in [1.807, 2.05) is 6.92 Å². The number of sulfonamides is 1. The van der Waals surface area contributed by atoms with Gasteiger partial charge in [0, 0.05) is 0 Å². The van der Waals surface area contributed by atoms with E-state index in [0.717, 1.165) is 17.7 Å². The number of hydrogen-bond acceptors (Lipinski definition) is 2. The molecule has 0 spiro atoms. The molecule has 17 heavy (non-hydrogen) atoms. The molecule has 0 saturated heterocycles. The fraction of sp³-hybridized carbons (Fsp3) is 0.400. The van der Waals surface area contributed by atoms with Crippen LogP contribution in [-0.2, 0) is 16.4 Å². The summed E-state index contributed by atoms with van der Waals surface area (Å²) >= 11 is 0. The summed E-state index contributed by atoms with van der Waals surface area (Å²) in [5.74, 6) is 0. The van der Waals surface area contributed by atoms with Crippen LogP contribution in [0.25, 0.3) is 0 Å². The second-order valence-corrected chi connectivity index (χ2v) is 5.26. The minimum Gasteiger partial charge on any atom is -0.228 e. The third-order valence-electron chi connectivity index (χ3n) is 2.32. The Balaban J connectivity index is 3.24. The zero-order valence-electron chi connectivity index (χ0n) is 9.03. The average Bonchev–Trinajstić information content (AvgIpc) is 2.14. The van der Waals surface area contributed by atoms with Gasteiger partial charge in [0.25, 0.3) is 0 Å². The van der Waals surface area contributed by atoms with Crippen molar-refractivity contribution in [1.82, 2.24) is 0 Å². The van der Waals surface area contributed by atoms with Crippen molar-refractivity contribution in [2.24, 2.45) is 5.14 Å². The van der Waals surface area contributed by atoms with Gasteiger partial charge in [-0.15, -0.1) is 0 Å². The van der Waals surface area contributed by atoms with E-state index in [4.69, 9.17) is 0 Å². The first-order valence-electron chi connectivity index (χ1n) is 4.83. The molecule has 0 heterocycles. The molecule has 1 atom stereocenters. The van der Waals surface area contributed by atoms with Crippen LogP contribution in [0.15, 0.2) is 24.3 Å². The van der Waals surface area contributed by atoms with Crippen LogP contribution in [0.4, 0.5) is 13.2 Å². The van der Waals surface area contributed by atoms with E-state index >= 15 is 0 Å². The maximum absolute atomic E-state index is 12.6. The SMILES string of the molecule is CCc1ccc(C(C(F)(F)F)S(N)(=O)=O)cc1. The summed E-state index contributed by atoms with van der Waals surface area (Å²) in [4.78, 5) is 0. The highest BCUT2D eigenvalue weighted by molar-refractivity contribution is 7.89. The molecule has 3 nitrogen and oxygen atoms in total. The number of benzene rings is 1. The number of primary sulfonamides is 1. The molecule has 1 aromatic carbocycles. The smallest absolute Gasteiger partial charge is 0.228 e. The van der Waals surface area contributed by atoms with E-state index in [-0.39, 0.29) is 5.56 Å². The normalized spacial score (nSPS) is 14.6. The minimum absolute atomic E-state index is 0.364. The van der Waals surface area contributed by atoms with Gasteiger partial charge in [-0.1, -0.05) is 31.2 Å². The van der Waals surface area contributed by atoms with E-state index in [9.17, 15) is 21.6 Å². The van der Waals surface area contributed by atoms with E-state index < -0.39 is 21.4 Å². The topological polar surface area (TPSA) is 60.2 Å². The molecule has 0 fully saturated rings. The maximum Gasteiger partial charge on any atom is 0.410 e. The predicted octanol–water partition coefficient (Wildman–Crippen LogP) is 2.14. The van der Waals surface area contributed by atoms with Crippen LogP contribution in [0, 0.1) is 0 Å². The molecular weight excluding hydrogens is 255 g/mol. The van der Waals surface area contributed by atoms with Gasteiger partial charge >= 0.3 is 6.18 Å². The Kier molecular flexibility index (Phi) is 3.83. The predicted molar refractivity (Wildman–Crippen MR) is 57.7 cm³/mol. The summed E-state index contributed by atoms with van der Waals surface area (Å²) in [6.45, 7) is 1.84. The number of aryl methyl sites for hydroxylation is 1. The van der Waals surface area contributed by atoms with Gasteiger partial charge in [0.1, 0.15) is 0 Å². The van der Waals surface area contributed by atoms with Gasteiger partial charge < -0.3 is 0 Å². The molecule has 0 amide bonds. The van der Waals surface area contributed by atoms with Crippen molar-refractivity contribution in [3.05, 3.63) is 35.4 Å². The Morgan fingerprint density at radius 2 is 1.71 bits per heavy atom. The van der Waals surface area contributed by atoms with Gasteiger partial charge in [-0.3, -0.25) is 0 Å². The fourth-order valence-electron chi connectivity index (χ4n) is 1.49. The molecule has 0 aliphatic heterocycles. The first kappa shape index (κ1) is 14.0. The Labute approximate surface area is 97.5 Å². The van der Waals surface area contributed by atoms with Gasteiger partial charge in [-0.2, -0.15) is 13.2 Å². The average molecular weight is 267 g/mol. The number of hydrogen-bond donors (Lipinski definition) is 1. The van der Waals surface area contributed by atoms with Crippen molar-refractivity contribution in [2.75, 3.05) is 0 Å². The molecule has 96 valence electrons. The molecule has 0 aromatic heterocycles. The largest absolute Gasteiger partial charge is 0.410 e. The number of alkyl halides is 3. The lowest BCUT2D eigenvalue weighted by atomic mass is 10.1. The summed E-state index contributed by atoms with van der Waals surface area (Å²) in [5, 5.41) is 1.95. The molecular formula is C10H12F3NO2S. The van der Waals surface area contributed by atoms with Crippen LogP contribution >= 0.6 is 0 Å². The van der Waals surface area contributed by atoms with Crippen LogP contribution in [0.1, 0.15) is 23.3 Å². The summed E-state index contributed by atoms with van der Waals surface area (Å²) in [6.07, 6.45) is -4.26. The lowest BCUT2D eigenvalue weighted by molar-refractivity contribution is -0.131. The highest BCUT2D eigenvalue weighted by Crippen LogP contribution is 2.37. The highest BCUT2D eigenvalue weighted by Gasteiger charge is 2.48. The molecule has 0 radical (unpaired) electrons. The Hall–Kier alpha value is -1.08. The number of nitrogens with two attached hydrogens (primary N) is 1. The molecule has 0 aliphatic carbocycles. The fourth-order valence-corrected chi connectivity index (χ4v) is 2.40. The third-order valence-corrected chi connectivity index (χ3v) is 3.51. The third kappa shape index (κ3) is 3.44. The highest BCUT2D eigenvalue weighted by atomic mass is 32.2. The van der Waals surface area contributed by atoms with Gasteiger partial charge in [0.2, 0.25) is 10.0 Å². The number of rotatable bonds is 3. The van der Waals surface area contributed by atoms with E-state index in [0.29, 0.717) is 6.42 Å². The number of halogens is 3. The van der Waals surface area contributed by atoms with Crippen LogP contribution in [-0.4, -0.2) is 14.6 Å². The van der Waals surface area contributed by atoms with Crippen LogP contribution in [0.2, 0.25) is 0 Å². The van der Waals surface area contributed by atoms with Gasteiger partial charge in [0.05, 0.1) is 0 Å². The summed E-state index contributed by atoms with van der Waals surface area (Å²) in [6, 6.07) is 5.20. The first-order chi connectivity index (χ1) is 7.66. The van der Waals surface area contributed by atoms with E-state index in [2.05, 4.69) is 5.14 Å². The minimum atomic E-state index is -4.92. The molecule has 1 rings (SSSR count). The van der Waals surface area contributed by atoms with E-state index in [1.165, 1.54) is 12.1 Å². The molecule has 7 heteroatoms. The Morgan fingerprint density at radius 1 is 1.24 bits per heavy atom. The Bertz CT molecular complexity index is 479. The van der Waals surface area contributed by atoms with Crippen molar-refractivity contribution in [2.45, 2.75) is 24.8 Å². The zero-order chi connectivity index (χ0) is 13.3. The lowest BCUT2D eigenvalue weighted by Crippen LogP contribution is -2.33. The summed E-state index contributed by atoms with van der Waals surface area (Å²) in [5.41, 5.74) is 0.460. The molecule has 1 aromatic rings. The van der Waals surface area contributed by atoms with Crippen molar-refractivity contribution < 1.29 is 21.6 Å². The second kappa shape index (κ2) is 4.66. The molecule has 0 aliphatic rings. The van der Waals surface area contributed by atoms with Gasteiger partial charge in [-0.05, 0) is 17.5 Å². The van der Waals surface area contributed by atoms with Crippen molar-refractivity contribution >= 4 is 10.0 Å². The van der Waals surface area contributed by atoms with Gasteiger partial charge in [-0.25, -0.2) is 13.6 Å². The van der Waals surface area contributed by atoms with Crippen molar-refractivity contribution in [3.8, 4) is 0 Å². The molecule has 2 N–H and O–H groups in total. The van der Waals surface area contributed by atoms with E-state index in [1.54, 1.807) is 0 Å². The van der Waals surface area contributed by atoms with Crippen LogP contribution in [0.5, 0.6) is 0 Å². The van der Waals surface area contributed by atoms with Crippen molar-refractivity contribution in [3.63, 3.8) is 0 Å². The maximum atomic E-state index is 12.6. The zero-order valence-corrected chi connectivity index (χ0v) is 9.85. The van der Waals surface area contributed by atoms with Gasteiger partial charge in [0.15, 0.2) is 5.25 Å². The van der Waals surface area contributed by atoms with Crippen LogP contribution in [0.3, 0.4) is 0 Å². The van der Waals surface area contributed by atoms with Crippen LogP contribution < -0.4 is 5.14 Å². The summed E-state index contributed by atoms with van der Waals surface area (Å²) < 4.78 is 59.9. The Morgan fingerprint density at radius 3 is 2.00 bits per heavy atom. The summed E-state index contributed by atoms with van der Waals surface area (Å²) in [7, 11) is -4.72. The quantitative estimate of drug-likeness (QED) is 0.912. The lowest BCUT2D eigenvalue weighted by Gasteiger charge is -2.18. The molecule has 0 saturated carbocycles.